The van der Waals surface area contributed by atoms with Gasteiger partial charge in [0.2, 0.25) is 0 Å². The van der Waals surface area contributed by atoms with Crippen molar-refractivity contribution in [2.24, 2.45) is 0 Å². The summed E-state index contributed by atoms with van der Waals surface area (Å²) in [5, 5.41) is 23.4. The number of benzene rings is 2. The van der Waals surface area contributed by atoms with Crippen molar-refractivity contribution in [2.75, 3.05) is 36.5 Å². The molecule has 1 saturated heterocycles. The molecule has 1 aliphatic heterocycles. The Morgan fingerprint density at radius 3 is 2.57 bits per heavy atom. The number of nitrogens with zero attached hydrogens (tertiary/aromatic N) is 2. The van der Waals surface area contributed by atoms with Crippen molar-refractivity contribution in [3.8, 4) is 0 Å². The first kappa shape index (κ1) is 19.3. The van der Waals surface area contributed by atoms with Crippen LogP contribution in [0, 0.1) is 17.0 Å². The fourth-order valence-corrected chi connectivity index (χ4v) is 3.06. The monoisotopic (exact) mass is 385 g/mol. The molecule has 28 heavy (non-hydrogen) atoms. The number of nitro benzene ring substituents is 1. The summed E-state index contributed by atoms with van der Waals surface area (Å²) in [6.45, 7) is 3.41. The first-order valence-electron chi connectivity index (χ1n) is 8.64. The molecule has 9 nitrogen and oxygen atoms in total. The molecule has 1 fully saturated rings. The third-order valence-electron chi connectivity index (χ3n) is 4.52. The number of para-hydroxylation sites is 1. The van der Waals surface area contributed by atoms with Gasteiger partial charge in [0, 0.05) is 24.8 Å². The Morgan fingerprint density at radius 1 is 1.21 bits per heavy atom. The second kappa shape index (κ2) is 8.05. The quantitative estimate of drug-likeness (QED) is 0.599. The van der Waals surface area contributed by atoms with Crippen LogP contribution in [-0.2, 0) is 4.74 Å². The molecule has 0 aliphatic carbocycles. The zero-order valence-corrected chi connectivity index (χ0v) is 15.2. The minimum atomic E-state index is -1.11. The van der Waals surface area contributed by atoms with Crippen molar-refractivity contribution in [3.05, 3.63) is 63.2 Å². The number of ether oxygens (including phenoxy) is 1. The molecule has 3 rings (SSSR count). The highest BCUT2D eigenvalue weighted by molar-refractivity contribution is 6.10. The second-order valence-electron chi connectivity index (χ2n) is 6.32. The average Bonchev–Trinajstić information content (AvgIpc) is 2.69. The maximum atomic E-state index is 12.9. The number of amides is 1. The van der Waals surface area contributed by atoms with Crippen molar-refractivity contribution in [3.63, 3.8) is 0 Å². The fourth-order valence-electron chi connectivity index (χ4n) is 3.06. The highest BCUT2D eigenvalue weighted by Crippen LogP contribution is 2.33. The van der Waals surface area contributed by atoms with E-state index in [1.54, 1.807) is 17.9 Å². The summed E-state index contributed by atoms with van der Waals surface area (Å²) >= 11 is 0. The molecule has 0 atom stereocenters. The van der Waals surface area contributed by atoms with Gasteiger partial charge in [0.25, 0.3) is 11.6 Å². The summed E-state index contributed by atoms with van der Waals surface area (Å²) in [6, 6.07) is 8.73. The number of carboxylic acid groups (broad SMARTS) is 1. The van der Waals surface area contributed by atoms with Gasteiger partial charge in [0.15, 0.2) is 0 Å². The van der Waals surface area contributed by atoms with E-state index in [9.17, 15) is 19.7 Å². The lowest BCUT2D eigenvalue weighted by Gasteiger charge is -2.29. The number of nitro groups is 1. The first-order valence-corrected chi connectivity index (χ1v) is 8.64. The van der Waals surface area contributed by atoms with Gasteiger partial charge in [0.05, 0.1) is 29.3 Å². The van der Waals surface area contributed by atoms with E-state index < -0.39 is 16.8 Å². The number of hydrogen-bond acceptors (Lipinski definition) is 6. The van der Waals surface area contributed by atoms with Gasteiger partial charge in [-0.05, 0) is 30.7 Å². The lowest BCUT2D eigenvalue weighted by atomic mass is 10.1. The predicted octanol–water partition coefficient (Wildman–Crippen LogP) is 2.69. The number of hydrogen-bond donors (Lipinski definition) is 2. The van der Waals surface area contributed by atoms with E-state index in [-0.39, 0.29) is 22.5 Å². The standard InChI is InChI=1S/C19H19N3O6/c1-12-5-6-13(19(24)25)11-15(12)20-18(23)14-3-2-4-16(22(26)27)17(14)21-7-9-28-10-8-21/h2-6,11H,7-10H2,1H3,(H,20,23)(H,24,25). The van der Waals surface area contributed by atoms with Crippen LogP contribution in [0.25, 0.3) is 0 Å². The highest BCUT2D eigenvalue weighted by atomic mass is 16.6. The summed E-state index contributed by atoms with van der Waals surface area (Å²) in [4.78, 5) is 36.9. The van der Waals surface area contributed by atoms with Crippen molar-refractivity contribution in [1.82, 2.24) is 0 Å². The molecule has 0 saturated carbocycles. The normalized spacial score (nSPS) is 13.8. The van der Waals surface area contributed by atoms with Crippen molar-refractivity contribution >= 4 is 28.9 Å². The van der Waals surface area contributed by atoms with Gasteiger partial charge in [-0.3, -0.25) is 14.9 Å². The van der Waals surface area contributed by atoms with Gasteiger partial charge in [0.1, 0.15) is 5.69 Å². The predicted molar refractivity (Wildman–Crippen MR) is 102 cm³/mol. The third kappa shape index (κ3) is 3.94. The summed E-state index contributed by atoms with van der Waals surface area (Å²) < 4.78 is 5.30. The fraction of sp³-hybridized carbons (Fsp3) is 0.263. The summed E-state index contributed by atoms with van der Waals surface area (Å²) in [5.41, 5.74) is 1.27. The van der Waals surface area contributed by atoms with Gasteiger partial charge in [-0.1, -0.05) is 12.1 Å². The minimum absolute atomic E-state index is 0.0355. The molecular formula is C19H19N3O6. The molecule has 0 unspecified atom stereocenters. The molecule has 1 heterocycles. The average molecular weight is 385 g/mol. The van der Waals surface area contributed by atoms with Crippen LogP contribution in [0.15, 0.2) is 36.4 Å². The summed E-state index contributed by atoms with van der Waals surface area (Å²) in [7, 11) is 0. The Morgan fingerprint density at radius 2 is 1.93 bits per heavy atom. The van der Waals surface area contributed by atoms with Crippen LogP contribution >= 0.6 is 0 Å². The number of anilines is 2. The molecule has 146 valence electrons. The molecule has 0 spiro atoms. The van der Waals surface area contributed by atoms with E-state index in [1.165, 1.54) is 30.3 Å². The number of aromatic carboxylic acids is 1. The SMILES string of the molecule is Cc1ccc(C(=O)O)cc1NC(=O)c1cccc([N+](=O)[O-])c1N1CCOCC1. The summed E-state index contributed by atoms with van der Waals surface area (Å²) in [5.74, 6) is -1.66. The molecule has 1 aliphatic rings. The molecule has 0 bridgehead atoms. The van der Waals surface area contributed by atoms with Crippen LogP contribution in [0.3, 0.4) is 0 Å². The molecule has 9 heteroatoms. The number of carboxylic acids is 1. The zero-order chi connectivity index (χ0) is 20.3. The van der Waals surface area contributed by atoms with E-state index in [4.69, 9.17) is 9.84 Å². The highest BCUT2D eigenvalue weighted by Gasteiger charge is 2.27. The zero-order valence-electron chi connectivity index (χ0n) is 15.2. The van der Waals surface area contributed by atoms with Crippen LogP contribution in [0.5, 0.6) is 0 Å². The van der Waals surface area contributed by atoms with Crippen LogP contribution in [0.1, 0.15) is 26.3 Å². The second-order valence-corrected chi connectivity index (χ2v) is 6.32. The van der Waals surface area contributed by atoms with E-state index >= 15 is 0 Å². The molecule has 1 amide bonds. The Balaban J connectivity index is 2.00. The first-order chi connectivity index (χ1) is 13.4. The third-order valence-corrected chi connectivity index (χ3v) is 4.52. The molecular weight excluding hydrogens is 366 g/mol. The molecule has 2 N–H and O–H groups in total. The van der Waals surface area contributed by atoms with E-state index in [0.717, 1.165) is 0 Å². The van der Waals surface area contributed by atoms with Gasteiger partial charge < -0.3 is 20.1 Å². The Labute approximate surface area is 160 Å². The van der Waals surface area contributed by atoms with Crippen molar-refractivity contribution < 1.29 is 24.4 Å². The number of morpholine rings is 1. The Kier molecular flexibility index (Phi) is 5.55. The minimum Gasteiger partial charge on any atom is -0.478 e. The topological polar surface area (TPSA) is 122 Å². The Hall–Kier alpha value is -3.46. The largest absolute Gasteiger partial charge is 0.478 e. The van der Waals surface area contributed by atoms with E-state index in [0.29, 0.717) is 37.6 Å². The van der Waals surface area contributed by atoms with Gasteiger partial charge in [-0.2, -0.15) is 0 Å². The molecule has 0 radical (unpaired) electrons. The number of rotatable bonds is 5. The van der Waals surface area contributed by atoms with Gasteiger partial charge in [-0.15, -0.1) is 0 Å². The van der Waals surface area contributed by atoms with Crippen LogP contribution in [0.4, 0.5) is 17.1 Å². The van der Waals surface area contributed by atoms with E-state index in [1.807, 2.05) is 0 Å². The van der Waals surface area contributed by atoms with Crippen LogP contribution < -0.4 is 10.2 Å². The molecule has 0 aromatic heterocycles. The number of carbonyl (C=O) groups excluding carboxylic acids is 1. The number of nitrogens with one attached hydrogen (secondary N) is 1. The maximum Gasteiger partial charge on any atom is 0.335 e. The van der Waals surface area contributed by atoms with Crippen LogP contribution in [0.2, 0.25) is 0 Å². The Bertz CT molecular complexity index is 937. The molecule has 2 aromatic carbocycles. The summed E-state index contributed by atoms with van der Waals surface area (Å²) in [6.07, 6.45) is 0. The number of carbonyl (C=O) groups is 2. The number of aryl methyl sites for hydroxylation is 1. The van der Waals surface area contributed by atoms with Gasteiger partial charge in [-0.25, -0.2) is 4.79 Å². The smallest absolute Gasteiger partial charge is 0.335 e. The van der Waals surface area contributed by atoms with Crippen molar-refractivity contribution in [2.45, 2.75) is 6.92 Å². The van der Waals surface area contributed by atoms with E-state index in [2.05, 4.69) is 5.32 Å². The lowest BCUT2D eigenvalue weighted by molar-refractivity contribution is -0.384. The van der Waals surface area contributed by atoms with Crippen LogP contribution in [-0.4, -0.2) is 48.2 Å². The van der Waals surface area contributed by atoms with Gasteiger partial charge >= 0.3 is 5.97 Å². The maximum absolute atomic E-state index is 12.9. The van der Waals surface area contributed by atoms with Crippen molar-refractivity contribution in [1.29, 1.82) is 0 Å². The lowest BCUT2D eigenvalue weighted by Crippen LogP contribution is -2.37. The molecule has 2 aromatic rings.